The third-order valence-electron chi connectivity index (χ3n) is 1.70. The molecule has 0 bridgehead atoms. The number of aliphatic carboxylic acids is 1. The van der Waals surface area contributed by atoms with Crippen LogP contribution in [0.4, 0.5) is 8.78 Å². The molecular formula is C8H7F2NO4. The van der Waals surface area contributed by atoms with Crippen LogP contribution in [0.2, 0.25) is 0 Å². The highest BCUT2D eigenvalue weighted by atomic mass is 19.3. The molecule has 82 valence electrons. The fourth-order valence-corrected chi connectivity index (χ4v) is 1.08. The molecule has 0 saturated carbocycles. The van der Waals surface area contributed by atoms with Crippen molar-refractivity contribution in [3.05, 3.63) is 27.7 Å². The van der Waals surface area contributed by atoms with E-state index in [0.717, 1.165) is 6.07 Å². The van der Waals surface area contributed by atoms with Crippen molar-refractivity contribution in [3.8, 4) is 5.75 Å². The number of alkyl halides is 2. The van der Waals surface area contributed by atoms with Crippen LogP contribution in [-0.4, -0.2) is 21.2 Å². The van der Waals surface area contributed by atoms with Crippen LogP contribution in [0.15, 0.2) is 10.9 Å². The van der Waals surface area contributed by atoms with Crippen molar-refractivity contribution in [1.29, 1.82) is 0 Å². The lowest BCUT2D eigenvalue weighted by Gasteiger charge is -2.06. The summed E-state index contributed by atoms with van der Waals surface area (Å²) in [5, 5.41) is 17.4. The summed E-state index contributed by atoms with van der Waals surface area (Å²) in [6.07, 6.45) is -3.68. The van der Waals surface area contributed by atoms with Gasteiger partial charge in [-0.3, -0.25) is 9.59 Å². The summed E-state index contributed by atoms with van der Waals surface area (Å²) in [7, 11) is 0. The molecule has 1 rings (SSSR count). The maximum absolute atomic E-state index is 12.3. The minimum Gasteiger partial charge on any atom is -0.503 e. The molecule has 0 atom stereocenters. The fraction of sp³-hybridized carbons (Fsp3) is 0.250. The van der Waals surface area contributed by atoms with Gasteiger partial charge in [0.15, 0.2) is 5.75 Å². The summed E-state index contributed by atoms with van der Waals surface area (Å²) >= 11 is 0. The number of H-pyrrole nitrogens is 1. The molecule has 0 aliphatic carbocycles. The monoisotopic (exact) mass is 219 g/mol. The number of hydrogen-bond donors (Lipinski definition) is 3. The highest BCUT2D eigenvalue weighted by molar-refractivity contribution is 5.70. The molecule has 0 radical (unpaired) electrons. The van der Waals surface area contributed by atoms with Crippen molar-refractivity contribution < 1.29 is 23.8 Å². The number of pyridine rings is 1. The zero-order valence-corrected chi connectivity index (χ0v) is 7.33. The van der Waals surface area contributed by atoms with Crippen molar-refractivity contribution in [1.82, 2.24) is 4.98 Å². The number of halogens is 2. The number of rotatable bonds is 3. The zero-order chi connectivity index (χ0) is 11.6. The molecule has 5 nitrogen and oxygen atoms in total. The van der Waals surface area contributed by atoms with Crippen LogP contribution in [0, 0.1) is 0 Å². The summed E-state index contributed by atoms with van der Waals surface area (Å²) in [4.78, 5) is 22.8. The van der Waals surface area contributed by atoms with Crippen LogP contribution in [0.3, 0.4) is 0 Å². The average molecular weight is 219 g/mol. The Hall–Kier alpha value is -1.92. The first kappa shape index (κ1) is 11.2. The Morgan fingerprint density at radius 2 is 2.13 bits per heavy atom. The van der Waals surface area contributed by atoms with Crippen LogP contribution in [0.1, 0.15) is 17.7 Å². The van der Waals surface area contributed by atoms with Crippen LogP contribution in [0.5, 0.6) is 5.75 Å². The number of nitrogens with one attached hydrogen (secondary N) is 1. The van der Waals surface area contributed by atoms with E-state index < -0.39 is 35.8 Å². The van der Waals surface area contributed by atoms with E-state index in [9.17, 15) is 18.4 Å². The van der Waals surface area contributed by atoms with Gasteiger partial charge in [0.2, 0.25) is 0 Å². The van der Waals surface area contributed by atoms with E-state index in [4.69, 9.17) is 10.2 Å². The molecule has 0 saturated heterocycles. The lowest BCUT2D eigenvalue weighted by molar-refractivity contribution is -0.136. The van der Waals surface area contributed by atoms with E-state index in [0.29, 0.717) is 0 Å². The smallest absolute Gasteiger partial charge is 0.307 e. The molecule has 1 aromatic rings. The number of hydrogen-bond acceptors (Lipinski definition) is 3. The standard InChI is InChI=1S/C8H7F2NO4/c9-7(10)6-3(2-5(13)14)1-4(12)8(15)11-6/h1,7,12H,2H2,(H,11,15)(H,13,14). The second-order valence-electron chi connectivity index (χ2n) is 2.79. The van der Waals surface area contributed by atoms with Gasteiger partial charge in [0, 0.05) is 0 Å². The number of carboxylic acid groups (broad SMARTS) is 1. The quantitative estimate of drug-likeness (QED) is 0.695. The Morgan fingerprint density at radius 3 is 2.60 bits per heavy atom. The Morgan fingerprint density at radius 1 is 1.53 bits per heavy atom. The largest absolute Gasteiger partial charge is 0.503 e. The molecule has 0 aromatic carbocycles. The van der Waals surface area contributed by atoms with E-state index in [1.807, 2.05) is 0 Å². The SMILES string of the molecule is O=C(O)Cc1cc(O)c(=O)[nH]c1C(F)F. The van der Waals surface area contributed by atoms with Crippen molar-refractivity contribution in [2.24, 2.45) is 0 Å². The average Bonchev–Trinajstić information content (AvgIpc) is 2.09. The highest BCUT2D eigenvalue weighted by Gasteiger charge is 2.17. The van der Waals surface area contributed by atoms with E-state index in [-0.39, 0.29) is 5.56 Å². The van der Waals surface area contributed by atoms with Crippen LogP contribution < -0.4 is 5.56 Å². The zero-order valence-electron chi connectivity index (χ0n) is 7.33. The molecule has 0 fully saturated rings. The van der Waals surface area contributed by atoms with Gasteiger partial charge in [-0.15, -0.1) is 0 Å². The third kappa shape index (κ3) is 2.52. The summed E-state index contributed by atoms with van der Waals surface area (Å²) < 4.78 is 24.7. The van der Waals surface area contributed by atoms with Gasteiger partial charge in [-0.2, -0.15) is 0 Å². The van der Waals surface area contributed by atoms with Crippen LogP contribution in [0.25, 0.3) is 0 Å². The van der Waals surface area contributed by atoms with Gasteiger partial charge in [0.05, 0.1) is 12.1 Å². The van der Waals surface area contributed by atoms with Crippen molar-refractivity contribution in [2.75, 3.05) is 0 Å². The normalized spacial score (nSPS) is 10.6. The van der Waals surface area contributed by atoms with Crippen LogP contribution >= 0.6 is 0 Å². The maximum atomic E-state index is 12.3. The lowest BCUT2D eigenvalue weighted by atomic mass is 10.1. The van der Waals surface area contributed by atoms with Gasteiger partial charge in [-0.05, 0) is 11.6 Å². The van der Waals surface area contributed by atoms with Gasteiger partial charge in [-0.1, -0.05) is 0 Å². The molecule has 15 heavy (non-hydrogen) atoms. The van der Waals surface area contributed by atoms with Gasteiger partial charge in [0.1, 0.15) is 0 Å². The second-order valence-corrected chi connectivity index (χ2v) is 2.79. The van der Waals surface area contributed by atoms with Gasteiger partial charge in [-0.25, -0.2) is 8.78 Å². The molecule has 0 unspecified atom stereocenters. The predicted octanol–water partition coefficient (Wildman–Crippen LogP) is 0.645. The molecule has 1 heterocycles. The van der Waals surface area contributed by atoms with E-state index >= 15 is 0 Å². The number of aromatic nitrogens is 1. The molecule has 7 heteroatoms. The Kier molecular flexibility index (Phi) is 3.03. The van der Waals surface area contributed by atoms with Gasteiger partial charge < -0.3 is 15.2 Å². The first-order chi connectivity index (χ1) is 6.91. The van der Waals surface area contributed by atoms with E-state index in [1.54, 1.807) is 4.98 Å². The molecule has 0 spiro atoms. The Labute approximate surface area is 82.0 Å². The topological polar surface area (TPSA) is 90.4 Å². The second kappa shape index (κ2) is 4.07. The first-order valence-electron chi connectivity index (χ1n) is 3.87. The minimum absolute atomic E-state index is 0.311. The number of carboxylic acids is 1. The minimum atomic E-state index is -2.99. The molecule has 3 N–H and O–H groups in total. The number of carbonyl (C=O) groups is 1. The van der Waals surface area contributed by atoms with Gasteiger partial charge in [0.25, 0.3) is 12.0 Å². The number of aromatic hydroxyl groups is 1. The van der Waals surface area contributed by atoms with Crippen LogP contribution in [-0.2, 0) is 11.2 Å². The third-order valence-corrected chi connectivity index (χ3v) is 1.70. The summed E-state index contributed by atoms with van der Waals surface area (Å²) in [5.41, 5.74) is -2.16. The van der Waals surface area contributed by atoms with E-state index in [2.05, 4.69) is 0 Å². The van der Waals surface area contributed by atoms with Crippen molar-refractivity contribution in [2.45, 2.75) is 12.8 Å². The highest BCUT2D eigenvalue weighted by Crippen LogP contribution is 2.21. The first-order valence-corrected chi connectivity index (χ1v) is 3.87. The van der Waals surface area contributed by atoms with E-state index in [1.165, 1.54) is 0 Å². The summed E-state index contributed by atoms with van der Waals surface area (Å²) in [5.74, 6) is -2.11. The predicted molar refractivity (Wildman–Crippen MR) is 45.0 cm³/mol. The van der Waals surface area contributed by atoms with Crippen molar-refractivity contribution in [3.63, 3.8) is 0 Å². The number of aromatic amines is 1. The summed E-state index contributed by atoms with van der Waals surface area (Å²) in [6, 6.07) is 0.731. The molecule has 1 aromatic heterocycles. The van der Waals surface area contributed by atoms with Gasteiger partial charge >= 0.3 is 5.97 Å². The fourth-order valence-electron chi connectivity index (χ4n) is 1.08. The molecule has 0 amide bonds. The molecular weight excluding hydrogens is 212 g/mol. The summed E-state index contributed by atoms with van der Waals surface area (Å²) in [6.45, 7) is 0. The Bertz CT molecular complexity index is 441. The van der Waals surface area contributed by atoms with Crippen molar-refractivity contribution >= 4 is 5.97 Å². The lowest BCUT2D eigenvalue weighted by Crippen LogP contribution is -2.14. The molecule has 0 aliphatic heterocycles. The Balaban J connectivity index is 3.28. The maximum Gasteiger partial charge on any atom is 0.307 e. The molecule has 0 aliphatic rings.